The molecule has 0 radical (unpaired) electrons. The van der Waals surface area contributed by atoms with Crippen LogP contribution in [0.4, 0.5) is 24.5 Å². The van der Waals surface area contributed by atoms with Crippen molar-refractivity contribution in [3.05, 3.63) is 47.8 Å². The van der Waals surface area contributed by atoms with Crippen LogP contribution >= 0.6 is 0 Å². The molecular formula is C17H15F3N2O3. The summed E-state index contributed by atoms with van der Waals surface area (Å²) in [4.78, 5) is 12.2. The van der Waals surface area contributed by atoms with Crippen LogP contribution < -0.4 is 20.1 Å². The van der Waals surface area contributed by atoms with Gasteiger partial charge in [0.25, 0.3) is 0 Å². The molecule has 132 valence electrons. The van der Waals surface area contributed by atoms with Crippen molar-refractivity contribution in [1.29, 1.82) is 0 Å². The summed E-state index contributed by atoms with van der Waals surface area (Å²) in [5.74, 6) is -4.01. The summed E-state index contributed by atoms with van der Waals surface area (Å²) in [6.07, 6.45) is 0. The molecule has 2 aromatic carbocycles. The van der Waals surface area contributed by atoms with Crippen LogP contribution in [0.3, 0.4) is 0 Å². The second kappa shape index (κ2) is 6.92. The molecular weight excluding hydrogens is 337 g/mol. The zero-order chi connectivity index (χ0) is 18.0. The molecule has 5 nitrogen and oxygen atoms in total. The number of benzene rings is 2. The van der Waals surface area contributed by atoms with E-state index in [9.17, 15) is 18.0 Å². The molecule has 1 atom stereocenters. The number of para-hydroxylation sites is 1. The van der Waals surface area contributed by atoms with Gasteiger partial charge >= 0.3 is 0 Å². The second-order valence-electron chi connectivity index (χ2n) is 5.41. The van der Waals surface area contributed by atoms with Gasteiger partial charge in [0.05, 0.1) is 11.4 Å². The minimum absolute atomic E-state index is 0.381. The van der Waals surface area contributed by atoms with Gasteiger partial charge in [-0.25, -0.2) is 13.2 Å². The third-order valence-corrected chi connectivity index (χ3v) is 3.62. The number of ether oxygens (including phenoxy) is 2. The lowest BCUT2D eigenvalue weighted by Crippen LogP contribution is -2.32. The van der Waals surface area contributed by atoms with Crippen LogP contribution in [0.1, 0.15) is 6.92 Å². The fourth-order valence-electron chi connectivity index (χ4n) is 2.35. The van der Waals surface area contributed by atoms with Gasteiger partial charge in [-0.1, -0.05) is 6.07 Å². The molecule has 0 fully saturated rings. The highest BCUT2D eigenvalue weighted by Gasteiger charge is 2.21. The average Bonchev–Trinajstić information content (AvgIpc) is 2.62. The number of hydrogen-bond acceptors (Lipinski definition) is 4. The van der Waals surface area contributed by atoms with E-state index in [1.807, 2.05) is 0 Å². The summed E-state index contributed by atoms with van der Waals surface area (Å²) >= 11 is 0. The molecule has 0 aliphatic carbocycles. The van der Waals surface area contributed by atoms with E-state index in [-0.39, 0.29) is 0 Å². The number of carbonyl (C=O) groups is 1. The van der Waals surface area contributed by atoms with Gasteiger partial charge in [0.2, 0.25) is 5.91 Å². The maximum atomic E-state index is 13.7. The van der Waals surface area contributed by atoms with Gasteiger partial charge in [0, 0.05) is 0 Å². The number of fused-ring (bicyclic) bond motifs is 1. The molecule has 0 bridgehead atoms. The molecule has 0 aromatic heterocycles. The quantitative estimate of drug-likeness (QED) is 0.829. The largest absolute Gasteiger partial charge is 0.486 e. The van der Waals surface area contributed by atoms with Crippen molar-refractivity contribution in [2.45, 2.75) is 13.0 Å². The van der Waals surface area contributed by atoms with Crippen LogP contribution in [-0.2, 0) is 4.79 Å². The first-order valence-corrected chi connectivity index (χ1v) is 7.57. The normalized spacial score (nSPS) is 13.9. The van der Waals surface area contributed by atoms with Gasteiger partial charge in [0.1, 0.15) is 19.3 Å². The summed E-state index contributed by atoms with van der Waals surface area (Å²) in [7, 11) is 0. The SMILES string of the molecule is C[C@H](Nc1cccc2c1OCCO2)C(=O)Nc1ccc(F)c(F)c1F. The summed E-state index contributed by atoms with van der Waals surface area (Å²) in [5, 5.41) is 5.15. The lowest BCUT2D eigenvalue weighted by Gasteiger charge is -2.23. The molecule has 0 spiro atoms. The number of nitrogens with one attached hydrogen (secondary N) is 2. The number of hydrogen-bond donors (Lipinski definition) is 2. The molecule has 1 aliphatic rings. The van der Waals surface area contributed by atoms with E-state index in [1.165, 1.54) is 6.92 Å². The van der Waals surface area contributed by atoms with Gasteiger partial charge in [-0.3, -0.25) is 4.79 Å². The Kier molecular flexibility index (Phi) is 4.69. The smallest absolute Gasteiger partial charge is 0.246 e. The van der Waals surface area contributed by atoms with Crippen LogP contribution in [0, 0.1) is 17.5 Å². The van der Waals surface area contributed by atoms with Crippen molar-refractivity contribution < 1.29 is 27.4 Å². The van der Waals surface area contributed by atoms with Crippen molar-refractivity contribution in [3.63, 3.8) is 0 Å². The minimum atomic E-state index is -1.64. The monoisotopic (exact) mass is 352 g/mol. The lowest BCUT2D eigenvalue weighted by molar-refractivity contribution is -0.116. The van der Waals surface area contributed by atoms with Crippen LogP contribution in [0.5, 0.6) is 11.5 Å². The summed E-state index contributed by atoms with van der Waals surface area (Å²) in [6.45, 7) is 2.35. The van der Waals surface area contributed by atoms with E-state index in [1.54, 1.807) is 18.2 Å². The van der Waals surface area contributed by atoms with Crippen LogP contribution in [0.25, 0.3) is 0 Å². The standard InChI is InChI=1S/C17H15F3N2O3/c1-9(17(23)22-11-6-5-10(18)14(19)15(11)20)21-12-3-2-4-13-16(12)25-8-7-24-13/h2-6,9,21H,7-8H2,1H3,(H,22,23)/t9-/m0/s1. The topological polar surface area (TPSA) is 59.6 Å². The number of rotatable bonds is 4. The van der Waals surface area contributed by atoms with Crippen LogP contribution in [-0.4, -0.2) is 25.2 Å². The zero-order valence-corrected chi connectivity index (χ0v) is 13.2. The Morgan fingerprint density at radius 1 is 1.04 bits per heavy atom. The van der Waals surface area contributed by atoms with Crippen molar-refractivity contribution in [3.8, 4) is 11.5 Å². The molecule has 1 amide bonds. The van der Waals surface area contributed by atoms with Crippen LogP contribution in [0.2, 0.25) is 0 Å². The third-order valence-electron chi connectivity index (χ3n) is 3.62. The highest BCUT2D eigenvalue weighted by atomic mass is 19.2. The Balaban J connectivity index is 1.73. The van der Waals surface area contributed by atoms with Crippen molar-refractivity contribution in [1.82, 2.24) is 0 Å². The first kappa shape index (κ1) is 16.9. The average molecular weight is 352 g/mol. The van der Waals surface area contributed by atoms with E-state index in [4.69, 9.17) is 9.47 Å². The molecule has 0 unspecified atom stereocenters. The van der Waals surface area contributed by atoms with Gasteiger partial charge in [-0.05, 0) is 31.2 Å². The number of carbonyl (C=O) groups excluding carboxylic acids is 1. The predicted octanol–water partition coefficient (Wildman–Crippen LogP) is 3.31. The Bertz CT molecular complexity index is 814. The second-order valence-corrected chi connectivity index (χ2v) is 5.41. The Labute approximate surface area is 141 Å². The van der Waals surface area contributed by atoms with E-state index in [0.717, 1.165) is 12.1 Å². The minimum Gasteiger partial charge on any atom is -0.486 e. The molecule has 0 saturated carbocycles. The fourth-order valence-corrected chi connectivity index (χ4v) is 2.35. The van der Waals surface area contributed by atoms with E-state index >= 15 is 0 Å². The maximum Gasteiger partial charge on any atom is 0.246 e. The summed E-state index contributed by atoms with van der Waals surface area (Å²) in [5.41, 5.74) is 0.0952. The highest BCUT2D eigenvalue weighted by molar-refractivity contribution is 5.96. The van der Waals surface area contributed by atoms with E-state index in [2.05, 4.69) is 10.6 Å². The Morgan fingerprint density at radius 3 is 2.60 bits per heavy atom. The molecule has 1 heterocycles. The van der Waals surface area contributed by atoms with Gasteiger partial charge in [0.15, 0.2) is 29.0 Å². The molecule has 25 heavy (non-hydrogen) atoms. The first-order chi connectivity index (χ1) is 12.0. The van der Waals surface area contributed by atoms with E-state index < -0.39 is 35.1 Å². The van der Waals surface area contributed by atoms with Crippen LogP contribution in [0.15, 0.2) is 30.3 Å². The number of anilines is 2. The molecule has 8 heteroatoms. The van der Waals surface area contributed by atoms with Gasteiger partial charge < -0.3 is 20.1 Å². The fraction of sp³-hybridized carbons (Fsp3) is 0.235. The predicted molar refractivity (Wildman–Crippen MR) is 85.5 cm³/mol. The highest BCUT2D eigenvalue weighted by Crippen LogP contribution is 2.37. The summed E-state index contributed by atoms with van der Waals surface area (Å²) in [6, 6.07) is 6.07. The molecule has 0 saturated heterocycles. The van der Waals surface area contributed by atoms with Crippen molar-refractivity contribution in [2.75, 3.05) is 23.8 Å². The molecule has 3 rings (SSSR count). The van der Waals surface area contributed by atoms with Gasteiger partial charge in [-0.15, -0.1) is 0 Å². The number of halogens is 3. The van der Waals surface area contributed by atoms with Crippen molar-refractivity contribution >= 4 is 17.3 Å². The zero-order valence-electron chi connectivity index (χ0n) is 13.2. The number of amides is 1. The van der Waals surface area contributed by atoms with E-state index in [0.29, 0.717) is 30.4 Å². The third kappa shape index (κ3) is 3.47. The van der Waals surface area contributed by atoms with Gasteiger partial charge in [-0.2, -0.15) is 0 Å². The summed E-state index contributed by atoms with van der Waals surface area (Å²) < 4.78 is 50.8. The Hall–Kier alpha value is -2.90. The van der Waals surface area contributed by atoms with Crippen molar-refractivity contribution in [2.24, 2.45) is 0 Å². The Morgan fingerprint density at radius 2 is 1.80 bits per heavy atom. The lowest BCUT2D eigenvalue weighted by atomic mass is 10.2. The maximum absolute atomic E-state index is 13.7. The first-order valence-electron chi connectivity index (χ1n) is 7.57. The molecule has 2 aromatic rings. The molecule has 1 aliphatic heterocycles. The molecule has 2 N–H and O–H groups in total.